The van der Waals surface area contributed by atoms with Gasteiger partial charge in [0.1, 0.15) is 9.84 Å². The molecule has 0 saturated carbocycles. The van der Waals surface area contributed by atoms with Crippen LogP contribution < -0.4 is 5.32 Å². The van der Waals surface area contributed by atoms with Gasteiger partial charge in [-0.2, -0.15) is 0 Å². The zero-order valence-electron chi connectivity index (χ0n) is 9.70. The van der Waals surface area contributed by atoms with Crippen LogP contribution >= 0.6 is 27.5 Å². The molecule has 0 saturated heterocycles. The Kier molecular flexibility index (Phi) is 5.44. The largest absolute Gasteiger partial charge is 0.313 e. The van der Waals surface area contributed by atoms with Gasteiger partial charge in [-0.05, 0) is 41.0 Å². The summed E-state index contributed by atoms with van der Waals surface area (Å²) in [5.74, 6) is 0.140. The van der Waals surface area contributed by atoms with Crippen LogP contribution in [0.5, 0.6) is 0 Å². The van der Waals surface area contributed by atoms with E-state index in [0.29, 0.717) is 11.4 Å². The molecule has 0 radical (unpaired) electrons. The molecule has 6 heteroatoms. The fraction of sp³-hybridized carbons (Fsp3) is 0.455. The molecule has 96 valence electrons. The lowest BCUT2D eigenvalue weighted by molar-refractivity contribution is 0.559. The van der Waals surface area contributed by atoms with E-state index in [4.69, 9.17) is 11.6 Å². The highest BCUT2D eigenvalue weighted by Crippen LogP contribution is 2.31. The lowest BCUT2D eigenvalue weighted by atomic mass is 10.1. The van der Waals surface area contributed by atoms with Crippen LogP contribution in [0, 0.1) is 0 Å². The summed E-state index contributed by atoms with van der Waals surface area (Å²) in [4.78, 5) is 0. The van der Waals surface area contributed by atoms with Gasteiger partial charge in [-0.15, -0.1) is 0 Å². The predicted molar refractivity (Wildman–Crippen MR) is 75.3 cm³/mol. The zero-order chi connectivity index (χ0) is 13.1. The maximum absolute atomic E-state index is 11.2. The highest BCUT2D eigenvalue weighted by Gasteiger charge is 2.16. The van der Waals surface area contributed by atoms with Crippen molar-refractivity contribution in [3.63, 3.8) is 0 Å². The molecule has 0 aromatic heterocycles. The fourth-order valence-corrected chi connectivity index (χ4v) is 2.88. The summed E-state index contributed by atoms with van der Waals surface area (Å²) < 4.78 is 23.1. The van der Waals surface area contributed by atoms with Crippen molar-refractivity contribution >= 4 is 37.4 Å². The molecule has 1 aromatic rings. The van der Waals surface area contributed by atoms with Crippen molar-refractivity contribution < 1.29 is 8.42 Å². The third-order valence-electron chi connectivity index (χ3n) is 2.48. The first-order chi connectivity index (χ1) is 7.85. The van der Waals surface area contributed by atoms with Crippen LogP contribution in [-0.2, 0) is 9.84 Å². The molecule has 0 amide bonds. The first kappa shape index (κ1) is 15.0. The van der Waals surface area contributed by atoms with Crippen LogP contribution in [0.1, 0.15) is 18.0 Å². The predicted octanol–water partition coefficient (Wildman–Crippen LogP) is 2.80. The third-order valence-corrected chi connectivity index (χ3v) is 4.77. The van der Waals surface area contributed by atoms with Gasteiger partial charge in [0.05, 0.1) is 10.8 Å². The quantitative estimate of drug-likeness (QED) is 0.896. The molecule has 0 fully saturated rings. The summed E-state index contributed by atoms with van der Waals surface area (Å²) in [5, 5.41) is 3.71. The number of benzene rings is 1. The van der Waals surface area contributed by atoms with E-state index in [1.807, 2.05) is 18.2 Å². The van der Waals surface area contributed by atoms with Gasteiger partial charge in [-0.3, -0.25) is 0 Å². The third kappa shape index (κ3) is 4.58. The Hall–Kier alpha value is -0.100. The van der Waals surface area contributed by atoms with E-state index in [-0.39, 0.29) is 11.8 Å². The summed E-state index contributed by atoms with van der Waals surface area (Å²) in [7, 11) is -1.16. The number of hydrogen-bond acceptors (Lipinski definition) is 3. The van der Waals surface area contributed by atoms with Crippen LogP contribution in [-0.4, -0.2) is 27.5 Å². The Morgan fingerprint density at radius 3 is 2.65 bits per heavy atom. The van der Waals surface area contributed by atoms with Crippen molar-refractivity contribution in [3.8, 4) is 0 Å². The fourth-order valence-electron chi connectivity index (χ4n) is 1.58. The van der Waals surface area contributed by atoms with Crippen LogP contribution in [0.4, 0.5) is 0 Å². The molecule has 0 bridgehead atoms. The van der Waals surface area contributed by atoms with Crippen molar-refractivity contribution in [3.05, 3.63) is 33.3 Å². The van der Waals surface area contributed by atoms with Crippen molar-refractivity contribution in [1.82, 2.24) is 5.32 Å². The van der Waals surface area contributed by atoms with E-state index >= 15 is 0 Å². The minimum atomic E-state index is -2.96. The van der Waals surface area contributed by atoms with E-state index < -0.39 is 9.84 Å². The van der Waals surface area contributed by atoms with Gasteiger partial charge in [0.2, 0.25) is 0 Å². The van der Waals surface area contributed by atoms with Crippen molar-refractivity contribution in [2.75, 3.05) is 19.1 Å². The Morgan fingerprint density at radius 1 is 1.47 bits per heavy atom. The summed E-state index contributed by atoms with van der Waals surface area (Å²) >= 11 is 9.54. The van der Waals surface area contributed by atoms with Crippen LogP contribution in [0.3, 0.4) is 0 Å². The minimum Gasteiger partial charge on any atom is -0.313 e. The Bertz CT molecular complexity index is 490. The summed E-state index contributed by atoms with van der Waals surface area (Å²) in [6, 6.07) is 5.58. The summed E-state index contributed by atoms with van der Waals surface area (Å²) in [6.45, 7) is 0. The summed E-state index contributed by atoms with van der Waals surface area (Å²) in [6.07, 6.45) is 1.74. The van der Waals surface area contributed by atoms with Crippen LogP contribution in [0.2, 0.25) is 5.02 Å². The Balaban J connectivity index is 2.90. The second-order valence-electron chi connectivity index (χ2n) is 3.90. The van der Waals surface area contributed by atoms with E-state index in [1.165, 1.54) is 6.26 Å². The van der Waals surface area contributed by atoms with Crippen molar-refractivity contribution in [2.45, 2.75) is 12.5 Å². The molecule has 0 aliphatic heterocycles. The van der Waals surface area contributed by atoms with Gasteiger partial charge in [-0.1, -0.05) is 23.7 Å². The molecule has 1 atom stereocenters. The summed E-state index contributed by atoms with van der Waals surface area (Å²) in [5.41, 5.74) is 0.909. The molecule has 0 aliphatic rings. The monoisotopic (exact) mass is 339 g/mol. The Labute approximate surface area is 116 Å². The SMILES string of the molecule is CNC(CCS(C)(=O)=O)c1cccc(Br)c1Cl. The molecular weight excluding hydrogens is 326 g/mol. The van der Waals surface area contributed by atoms with E-state index in [2.05, 4.69) is 21.2 Å². The number of hydrogen-bond donors (Lipinski definition) is 1. The topological polar surface area (TPSA) is 46.2 Å². The van der Waals surface area contributed by atoms with Crippen molar-refractivity contribution in [1.29, 1.82) is 0 Å². The normalized spacial score (nSPS) is 13.6. The number of halogens is 2. The molecule has 0 spiro atoms. The Morgan fingerprint density at radius 2 is 2.12 bits per heavy atom. The standard InChI is InChI=1S/C11H15BrClNO2S/c1-14-10(6-7-17(2,15)16)8-4-3-5-9(12)11(8)13/h3-5,10,14H,6-7H2,1-2H3. The first-order valence-electron chi connectivity index (χ1n) is 5.14. The second kappa shape index (κ2) is 6.18. The number of nitrogens with one attached hydrogen (secondary N) is 1. The minimum absolute atomic E-state index is 0.0604. The van der Waals surface area contributed by atoms with Gasteiger partial charge in [0.25, 0.3) is 0 Å². The smallest absolute Gasteiger partial charge is 0.147 e. The van der Waals surface area contributed by atoms with Gasteiger partial charge in [0, 0.05) is 16.8 Å². The molecule has 0 heterocycles. The molecular formula is C11H15BrClNO2S. The molecule has 1 rings (SSSR count). The van der Waals surface area contributed by atoms with E-state index in [9.17, 15) is 8.42 Å². The molecule has 1 unspecified atom stereocenters. The lowest BCUT2D eigenvalue weighted by Gasteiger charge is -2.18. The maximum atomic E-state index is 11.2. The van der Waals surface area contributed by atoms with Crippen LogP contribution in [0.15, 0.2) is 22.7 Å². The van der Waals surface area contributed by atoms with Gasteiger partial charge in [-0.25, -0.2) is 8.42 Å². The highest BCUT2D eigenvalue weighted by atomic mass is 79.9. The van der Waals surface area contributed by atoms with E-state index in [0.717, 1.165) is 10.0 Å². The molecule has 17 heavy (non-hydrogen) atoms. The van der Waals surface area contributed by atoms with Crippen molar-refractivity contribution in [2.24, 2.45) is 0 Å². The molecule has 1 aromatic carbocycles. The molecule has 1 N–H and O–H groups in total. The van der Waals surface area contributed by atoms with Gasteiger partial charge >= 0.3 is 0 Å². The van der Waals surface area contributed by atoms with Gasteiger partial charge < -0.3 is 5.32 Å². The average Bonchev–Trinajstić information content (AvgIpc) is 2.23. The zero-order valence-corrected chi connectivity index (χ0v) is 12.9. The van der Waals surface area contributed by atoms with Crippen LogP contribution in [0.25, 0.3) is 0 Å². The van der Waals surface area contributed by atoms with E-state index in [1.54, 1.807) is 7.05 Å². The first-order valence-corrected chi connectivity index (χ1v) is 8.37. The number of sulfone groups is 1. The van der Waals surface area contributed by atoms with Gasteiger partial charge in [0.15, 0.2) is 0 Å². The number of rotatable bonds is 5. The lowest BCUT2D eigenvalue weighted by Crippen LogP contribution is -2.20. The average molecular weight is 341 g/mol. The maximum Gasteiger partial charge on any atom is 0.147 e. The molecule has 3 nitrogen and oxygen atoms in total. The second-order valence-corrected chi connectivity index (χ2v) is 7.39. The molecule has 0 aliphatic carbocycles. The highest BCUT2D eigenvalue weighted by molar-refractivity contribution is 9.10.